The second kappa shape index (κ2) is 4.16. The van der Waals surface area contributed by atoms with Gasteiger partial charge in [0, 0.05) is 0 Å². The van der Waals surface area contributed by atoms with Gasteiger partial charge in [0.05, 0.1) is 0 Å². The largest absolute Gasteiger partial charge is 0.368 e. The molecule has 6 nitrogen and oxygen atoms in total. The standard InChI is InChI=1S/C7H9Cl2N5O/c1-7(2,3(10)15)14-6-12-4(8)11-5(9)13-6/h1-2H3,(H2,10,15)(H,11,12,13,14). The number of aromatic nitrogens is 3. The molecule has 0 aliphatic heterocycles. The van der Waals surface area contributed by atoms with Crippen molar-refractivity contribution in [1.82, 2.24) is 15.0 Å². The van der Waals surface area contributed by atoms with E-state index in [1.807, 2.05) is 0 Å². The Kier molecular flexibility index (Phi) is 3.31. The molecule has 8 heteroatoms. The average molecular weight is 250 g/mol. The molecule has 1 aromatic heterocycles. The van der Waals surface area contributed by atoms with Crippen molar-refractivity contribution in [3.8, 4) is 0 Å². The Hall–Kier alpha value is -1.14. The first-order chi connectivity index (χ1) is 6.81. The van der Waals surface area contributed by atoms with Gasteiger partial charge < -0.3 is 11.1 Å². The lowest BCUT2D eigenvalue weighted by atomic mass is 10.1. The molecule has 3 N–H and O–H groups in total. The van der Waals surface area contributed by atoms with E-state index in [1.165, 1.54) is 0 Å². The summed E-state index contributed by atoms with van der Waals surface area (Å²) >= 11 is 11.1. The molecule has 1 rings (SSSR count). The van der Waals surface area contributed by atoms with Gasteiger partial charge in [-0.2, -0.15) is 15.0 Å². The maximum atomic E-state index is 11.0. The van der Waals surface area contributed by atoms with E-state index < -0.39 is 11.4 Å². The maximum absolute atomic E-state index is 11.0. The lowest BCUT2D eigenvalue weighted by Crippen LogP contribution is -2.45. The Morgan fingerprint density at radius 2 is 1.73 bits per heavy atom. The van der Waals surface area contributed by atoms with E-state index in [0.29, 0.717) is 0 Å². The Labute approximate surface area is 96.2 Å². The van der Waals surface area contributed by atoms with Gasteiger partial charge in [-0.3, -0.25) is 4.79 Å². The van der Waals surface area contributed by atoms with Crippen LogP contribution in [0.15, 0.2) is 0 Å². The Morgan fingerprint density at radius 1 is 1.27 bits per heavy atom. The summed E-state index contributed by atoms with van der Waals surface area (Å²) in [5.41, 5.74) is 4.16. The van der Waals surface area contributed by atoms with E-state index in [-0.39, 0.29) is 16.5 Å². The number of hydrogen-bond donors (Lipinski definition) is 2. The zero-order valence-corrected chi connectivity index (χ0v) is 9.60. The van der Waals surface area contributed by atoms with Crippen molar-refractivity contribution in [3.05, 3.63) is 10.6 Å². The summed E-state index contributed by atoms with van der Waals surface area (Å²) in [6.07, 6.45) is 0. The van der Waals surface area contributed by atoms with Crippen LogP contribution in [0.2, 0.25) is 10.6 Å². The molecule has 0 saturated carbocycles. The molecule has 1 aromatic rings. The molecular weight excluding hydrogens is 241 g/mol. The fourth-order valence-electron chi connectivity index (χ4n) is 0.723. The summed E-state index contributed by atoms with van der Waals surface area (Å²) in [4.78, 5) is 22.1. The van der Waals surface area contributed by atoms with Gasteiger partial charge in [-0.15, -0.1) is 0 Å². The molecule has 0 aliphatic rings. The fourth-order valence-corrected chi connectivity index (χ4v) is 1.09. The molecule has 82 valence electrons. The van der Waals surface area contributed by atoms with Crippen LogP contribution in [0.5, 0.6) is 0 Å². The Morgan fingerprint density at radius 3 is 2.13 bits per heavy atom. The van der Waals surface area contributed by atoms with Crippen LogP contribution in [0, 0.1) is 0 Å². The summed E-state index contributed by atoms with van der Waals surface area (Å²) in [5.74, 6) is -0.445. The van der Waals surface area contributed by atoms with Gasteiger partial charge in [-0.05, 0) is 37.0 Å². The van der Waals surface area contributed by atoms with Gasteiger partial charge in [0.1, 0.15) is 5.54 Å². The molecular formula is C7H9Cl2N5O. The van der Waals surface area contributed by atoms with E-state index in [9.17, 15) is 4.79 Å². The van der Waals surface area contributed by atoms with Crippen LogP contribution >= 0.6 is 23.2 Å². The molecule has 0 radical (unpaired) electrons. The zero-order chi connectivity index (χ0) is 11.6. The number of nitrogens with zero attached hydrogens (tertiary/aromatic N) is 3. The molecule has 0 aliphatic carbocycles. The van der Waals surface area contributed by atoms with Crippen LogP contribution in [0.4, 0.5) is 5.95 Å². The number of carbonyl (C=O) groups is 1. The minimum atomic E-state index is -0.992. The number of nitrogens with one attached hydrogen (secondary N) is 1. The second-order valence-electron chi connectivity index (χ2n) is 3.31. The van der Waals surface area contributed by atoms with Crippen molar-refractivity contribution >= 4 is 35.1 Å². The zero-order valence-electron chi connectivity index (χ0n) is 8.08. The van der Waals surface area contributed by atoms with Gasteiger partial charge in [0.2, 0.25) is 22.4 Å². The summed E-state index contributed by atoms with van der Waals surface area (Å²) < 4.78 is 0. The molecule has 15 heavy (non-hydrogen) atoms. The van der Waals surface area contributed by atoms with Crippen LogP contribution in [0.3, 0.4) is 0 Å². The monoisotopic (exact) mass is 249 g/mol. The number of nitrogens with two attached hydrogens (primary N) is 1. The van der Waals surface area contributed by atoms with Crippen LogP contribution < -0.4 is 11.1 Å². The van der Waals surface area contributed by atoms with Gasteiger partial charge in [-0.25, -0.2) is 0 Å². The van der Waals surface area contributed by atoms with E-state index in [1.54, 1.807) is 13.8 Å². The van der Waals surface area contributed by atoms with Gasteiger partial charge in [0.15, 0.2) is 0 Å². The molecule has 0 unspecified atom stereocenters. The smallest absolute Gasteiger partial charge is 0.242 e. The third-order valence-corrected chi connectivity index (χ3v) is 1.96. The Balaban J connectivity index is 2.94. The van der Waals surface area contributed by atoms with E-state index in [2.05, 4.69) is 20.3 Å². The lowest BCUT2D eigenvalue weighted by Gasteiger charge is -2.21. The van der Waals surface area contributed by atoms with Crippen molar-refractivity contribution < 1.29 is 4.79 Å². The predicted molar refractivity (Wildman–Crippen MR) is 56.7 cm³/mol. The van der Waals surface area contributed by atoms with E-state index >= 15 is 0 Å². The summed E-state index contributed by atoms with van der Waals surface area (Å²) in [7, 11) is 0. The third-order valence-electron chi connectivity index (χ3n) is 1.62. The van der Waals surface area contributed by atoms with Crippen LogP contribution in [-0.4, -0.2) is 26.4 Å². The number of carbonyl (C=O) groups excluding carboxylic acids is 1. The Bertz CT molecular complexity index is 375. The maximum Gasteiger partial charge on any atom is 0.242 e. The minimum Gasteiger partial charge on any atom is -0.368 e. The first kappa shape index (κ1) is 11.9. The van der Waals surface area contributed by atoms with Gasteiger partial charge in [0.25, 0.3) is 0 Å². The normalized spacial score (nSPS) is 11.2. The number of primary amides is 1. The highest BCUT2D eigenvalue weighted by atomic mass is 35.5. The van der Waals surface area contributed by atoms with Gasteiger partial charge in [-0.1, -0.05) is 0 Å². The van der Waals surface area contributed by atoms with E-state index in [4.69, 9.17) is 28.9 Å². The second-order valence-corrected chi connectivity index (χ2v) is 3.99. The molecule has 1 heterocycles. The van der Waals surface area contributed by atoms with E-state index in [0.717, 1.165) is 0 Å². The molecule has 0 bridgehead atoms. The number of hydrogen-bond acceptors (Lipinski definition) is 5. The molecule has 1 amide bonds. The molecule has 0 saturated heterocycles. The van der Waals surface area contributed by atoms with Gasteiger partial charge >= 0.3 is 0 Å². The molecule has 0 atom stereocenters. The van der Waals surface area contributed by atoms with Crippen molar-refractivity contribution in [1.29, 1.82) is 0 Å². The lowest BCUT2D eigenvalue weighted by molar-refractivity contribution is -0.121. The van der Waals surface area contributed by atoms with Crippen LogP contribution in [-0.2, 0) is 4.79 Å². The summed E-state index contributed by atoms with van der Waals surface area (Å²) in [5, 5.41) is 2.58. The topological polar surface area (TPSA) is 93.8 Å². The number of rotatable bonds is 3. The van der Waals surface area contributed by atoms with Crippen molar-refractivity contribution in [2.45, 2.75) is 19.4 Å². The predicted octanol–water partition coefficient (Wildman–Crippen LogP) is 0.854. The van der Waals surface area contributed by atoms with Crippen molar-refractivity contribution in [2.75, 3.05) is 5.32 Å². The highest BCUT2D eigenvalue weighted by molar-refractivity contribution is 6.31. The quantitative estimate of drug-likeness (QED) is 0.829. The number of anilines is 1. The minimum absolute atomic E-state index is 0.0576. The molecule has 0 aromatic carbocycles. The van der Waals surface area contributed by atoms with Crippen molar-refractivity contribution in [3.63, 3.8) is 0 Å². The fraction of sp³-hybridized carbons (Fsp3) is 0.429. The van der Waals surface area contributed by atoms with Crippen molar-refractivity contribution in [2.24, 2.45) is 5.73 Å². The summed E-state index contributed by atoms with van der Waals surface area (Å²) in [6.45, 7) is 3.17. The first-order valence-electron chi connectivity index (χ1n) is 3.96. The van der Waals surface area contributed by atoms with Crippen LogP contribution in [0.25, 0.3) is 0 Å². The third kappa shape index (κ3) is 3.17. The average Bonchev–Trinajstić information content (AvgIpc) is 1.99. The SMILES string of the molecule is CC(C)(Nc1nc(Cl)nc(Cl)n1)C(N)=O. The highest BCUT2D eigenvalue weighted by Crippen LogP contribution is 2.14. The van der Waals surface area contributed by atoms with Crippen LogP contribution in [0.1, 0.15) is 13.8 Å². The number of halogens is 2. The first-order valence-corrected chi connectivity index (χ1v) is 4.72. The molecule has 0 fully saturated rings. The molecule has 0 spiro atoms. The summed E-state index contributed by atoms with van der Waals surface area (Å²) in [6, 6.07) is 0. The highest BCUT2D eigenvalue weighted by Gasteiger charge is 2.25. The number of amides is 1.